The standard InChI is InChI=1S/C18H19N11O2S/c1-10-4-6-12(7-5-10)11(2)21-23-17(30)14-13(8-32-18-24-20-9-28(18)3)29(27-22-14)16-15(19)25-31-26-16/h4-7,9H,8H2,1-3H3,(H2,19,25)(H,23,30). The maximum Gasteiger partial charge on any atom is 0.293 e. The van der Waals surface area contributed by atoms with Gasteiger partial charge in [-0.3, -0.25) is 4.79 Å². The number of anilines is 1. The van der Waals surface area contributed by atoms with Gasteiger partial charge >= 0.3 is 0 Å². The van der Waals surface area contributed by atoms with E-state index in [1.165, 1.54) is 16.4 Å². The van der Waals surface area contributed by atoms with Gasteiger partial charge in [-0.2, -0.15) is 9.78 Å². The van der Waals surface area contributed by atoms with Gasteiger partial charge in [-0.15, -0.1) is 15.3 Å². The van der Waals surface area contributed by atoms with Crippen molar-refractivity contribution in [2.24, 2.45) is 12.1 Å². The molecular formula is C18H19N11O2S. The van der Waals surface area contributed by atoms with Gasteiger partial charge in [0, 0.05) is 12.8 Å². The molecule has 0 aliphatic heterocycles. The number of hydrazone groups is 1. The van der Waals surface area contributed by atoms with Crippen LogP contribution >= 0.6 is 11.8 Å². The van der Waals surface area contributed by atoms with Crippen LogP contribution in [0.5, 0.6) is 0 Å². The number of rotatable bonds is 7. The number of carbonyl (C=O) groups excluding carboxylic acids is 1. The van der Waals surface area contributed by atoms with Crippen molar-refractivity contribution in [3.8, 4) is 5.82 Å². The lowest BCUT2D eigenvalue weighted by Crippen LogP contribution is -2.21. The van der Waals surface area contributed by atoms with Gasteiger partial charge in [-0.25, -0.2) is 10.1 Å². The number of nitrogens with two attached hydrogens (primary N) is 1. The first kappa shape index (κ1) is 21.2. The van der Waals surface area contributed by atoms with Crippen LogP contribution in [0.15, 0.2) is 45.5 Å². The average molecular weight is 453 g/mol. The first-order valence-electron chi connectivity index (χ1n) is 9.35. The third-order valence-electron chi connectivity index (χ3n) is 4.48. The van der Waals surface area contributed by atoms with E-state index in [4.69, 9.17) is 5.73 Å². The minimum Gasteiger partial charge on any atom is -0.378 e. The molecule has 0 unspecified atom stereocenters. The normalized spacial score (nSPS) is 11.7. The largest absolute Gasteiger partial charge is 0.378 e. The summed E-state index contributed by atoms with van der Waals surface area (Å²) in [6.45, 7) is 3.80. The second-order valence-electron chi connectivity index (χ2n) is 6.79. The molecule has 0 saturated carbocycles. The lowest BCUT2D eigenvalue weighted by Gasteiger charge is -2.06. The number of aryl methyl sites for hydroxylation is 2. The van der Waals surface area contributed by atoms with E-state index in [1.54, 1.807) is 17.8 Å². The maximum atomic E-state index is 12.9. The predicted octanol–water partition coefficient (Wildman–Crippen LogP) is 1.12. The zero-order chi connectivity index (χ0) is 22.7. The lowest BCUT2D eigenvalue weighted by molar-refractivity contribution is 0.0949. The summed E-state index contributed by atoms with van der Waals surface area (Å²) < 4.78 is 7.72. The van der Waals surface area contributed by atoms with Crippen molar-refractivity contribution in [3.63, 3.8) is 0 Å². The van der Waals surface area contributed by atoms with Crippen LogP contribution in [0.1, 0.15) is 34.2 Å². The molecule has 0 spiro atoms. The molecule has 4 rings (SSSR count). The lowest BCUT2D eigenvalue weighted by atomic mass is 10.1. The Morgan fingerprint density at radius 3 is 2.69 bits per heavy atom. The number of nitrogens with one attached hydrogen (secondary N) is 1. The third kappa shape index (κ3) is 4.34. The highest BCUT2D eigenvalue weighted by Gasteiger charge is 2.24. The highest BCUT2D eigenvalue weighted by Crippen LogP contribution is 2.24. The van der Waals surface area contributed by atoms with Crippen LogP contribution in [0.25, 0.3) is 5.82 Å². The van der Waals surface area contributed by atoms with Gasteiger partial charge in [-0.1, -0.05) is 46.8 Å². The Hall–Kier alpha value is -4.07. The minimum absolute atomic E-state index is 0.0139. The smallest absolute Gasteiger partial charge is 0.293 e. The molecular weight excluding hydrogens is 434 g/mol. The van der Waals surface area contributed by atoms with E-state index in [1.807, 2.05) is 38.2 Å². The fraction of sp³-hybridized carbons (Fsp3) is 0.222. The number of nitrogen functional groups attached to an aromatic ring is 1. The van der Waals surface area contributed by atoms with Crippen LogP contribution in [0, 0.1) is 6.92 Å². The fourth-order valence-corrected chi connectivity index (χ4v) is 3.58. The van der Waals surface area contributed by atoms with Crippen molar-refractivity contribution >= 4 is 29.2 Å². The average Bonchev–Trinajstić information content (AvgIpc) is 3.50. The topological polar surface area (TPSA) is 168 Å². The van der Waals surface area contributed by atoms with E-state index in [-0.39, 0.29) is 23.1 Å². The quantitative estimate of drug-likeness (QED) is 0.235. The molecule has 4 aromatic rings. The Bertz CT molecular complexity index is 1270. The molecule has 0 aliphatic carbocycles. The summed E-state index contributed by atoms with van der Waals surface area (Å²) in [6.07, 6.45) is 1.58. The molecule has 14 heteroatoms. The number of amides is 1. The Balaban J connectivity index is 1.60. The summed E-state index contributed by atoms with van der Waals surface area (Å²) in [6, 6.07) is 7.81. The fourth-order valence-electron chi connectivity index (χ4n) is 2.70. The first-order chi connectivity index (χ1) is 15.4. The molecule has 0 fully saturated rings. The van der Waals surface area contributed by atoms with Crippen molar-refractivity contribution in [1.82, 2.24) is 45.5 Å². The van der Waals surface area contributed by atoms with E-state index < -0.39 is 5.91 Å². The van der Waals surface area contributed by atoms with Gasteiger partial charge < -0.3 is 10.3 Å². The van der Waals surface area contributed by atoms with Crippen LogP contribution in [0.2, 0.25) is 0 Å². The molecule has 32 heavy (non-hydrogen) atoms. The van der Waals surface area contributed by atoms with Crippen molar-refractivity contribution in [1.29, 1.82) is 0 Å². The molecule has 164 valence electrons. The number of aromatic nitrogens is 8. The van der Waals surface area contributed by atoms with E-state index in [9.17, 15) is 4.79 Å². The number of carbonyl (C=O) groups is 1. The number of benzene rings is 1. The van der Waals surface area contributed by atoms with Crippen molar-refractivity contribution in [3.05, 3.63) is 53.1 Å². The van der Waals surface area contributed by atoms with Crippen LogP contribution in [0.3, 0.4) is 0 Å². The summed E-state index contributed by atoms with van der Waals surface area (Å²) in [5.41, 5.74) is 11.5. The molecule has 3 heterocycles. The van der Waals surface area contributed by atoms with Gasteiger partial charge in [0.15, 0.2) is 10.9 Å². The van der Waals surface area contributed by atoms with Gasteiger partial charge in [0.25, 0.3) is 5.91 Å². The molecule has 1 aromatic carbocycles. The molecule has 0 bridgehead atoms. The minimum atomic E-state index is -0.536. The van der Waals surface area contributed by atoms with Crippen molar-refractivity contribution in [2.45, 2.75) is 24.8 Å². The summed E-state index contributed by atoms with van der Waals surface area (Å²) in [7, 11) is 1.81. The second kappa shape index (κ2) is 8.97. The molecule has 3 aromatic heterocycles. The Morgan fingerprint density at radius 2 is 2.03 bits per heavy atom. The van der Waals surface area contributed by atoms with Gasteiger partial charge in [-0.05, 0) is 29.7 Å². The van der Waals surface area contributed by atoms with Gasteiger partial charge in [0.1, 0.15) is 6.33 Å². The van der Waals surface area contributed by atoms with Crippen molar-refractivity contribution < 1.29 is 9.42 Å². The van der Waals surface area contributed by atoms with E-state index >= 15 is 0 Å². The summed E-state index contributed by atoms with van der Waals surface area (Å²) >= 11 is 1.34. The third-order valence-corrected chi connectivity index (χ3v) is 5.52. The summed E-state index contributed by atoms with van der Waals surface area (Å²) in [5.74, 6) is -0.120. The molecule has 13 nitrogen and oxygen atoms in total. The highest BCUT2D eigenvalue weighted by molar-refractivity contribution is 7.98. The Kier molecular flexibility index (Phi) is 5.93. The Morgan fingerprint density at radius 1 is 1.25 bits per heavy atom. The van der Waals surface area contributed by atoms with E-state index in [0.717, 1.165) is 11.1 Å². The van der Waals surface area contributed by atoms with Crippen LogP contribution in [-0.4, -0.2) is 51.7 Å². The molecule has 3 N–H and O–H groups in total. The van der Waals surface area contributed by atoms with Crippen LogP contribution in [-0.2, 0) is 12.8 Å². The highest BCUT2D eigenvalue weighted by atomic mass is 32.2. The number of hydrogen-bond donors (Lipinski definition) is 2. The van der Waals surface area contributed by atoms with Crippen molar-refractivity contribution in [2.75, 3.05) is 5.73 Å². The van der Waals surface area contributed by atoms with Crippen LogP contribution < -0.4 is 11.2 Å². The van der Waals surface area contributed by atoms with E-state index in [2.05, 4.69) is 46.0 Å². The maximum absolute atomic E-state index is 12.9. The van der Waals surface area contributed by atoms with Gasteiger partial charge in [0.2, 0.25) is 11.6 Å². The second-order valence-corrected chi connectivity index (χ2v) is 7.73. The Labute approximate surface area is 186 Å². The zero-order valence-electron chi connectivity index (χ0n) is 17.4. The molecule has 0 saturated heterocycles. The van der Waals surface area contributed by atoms with E-state index in [0.29, 0.717) is 16.6 Å². The monoisotopic (exact) mass is 453 g/mol. The predicted molar refractivity (Wildman–Crippen MR) is 115 cm³/mol. The molecule has 0 aliphatic rings. The van der Waals surface area contributed by atoms with Crippen LogP contribution in [0.4, 0.5) is 5.82 Å². The molecule has 0 radical (unpaired) electrons. The SMILES string of the molecule is CC(=NNC(=O)c1nnn(-c2nonc2N)c1CSc1nncn1C)c1ccc(C)cc1. The summed E-state index contributed by atoms with van der Waals surface area (Å²) in [4.78, 5) is 12.9. The summed E-state index contributed by atoms with van der Waals surface area (Å²) in [5, 5.41) is 28.0. The zero-order valence-corrected chi connectivity index (χ0v) is 18.2. The molecule has 1 amide bonds. The first-order valence-corrected chi connectivity index (χ1v) is 10.3. The number of thioether (sulfide) groups is 1. The number of nitrogens with zero attached hydrogens (tertiary/aromatic N) is 9. The van der Waals surface area contributed by atoms with Gasteiger partial charge in [0.05, 0.1) is 11.4 Å². The number of hydrogen-bond acceptors (Lipinski definition) is 11. The molecule has 0 atom stereocenters.